The van der Waals surface area contributed by atoms with E-state index in [1.165, 1.54) is 10.4 Å². The van der Waals surface area contributed by atoms with Crippen molar-refractivity contribution in [3.05, 3.63) is 57.8 Å². The van der Waals surface area contributed by atoms with Crippen LogP contribution < -0.4 is 5.32 Å². The number of benzene rings is 1. The molecule has 1 atom stereocenters. The SMILES string of the molecule is Cc1ccsc1[C@H](CNC1CCN(C(=O)c2ccccc2)CC1)N(C)C. The first-order valence-electron chi connectivity index (χ1n) is 9.34. The highest BCUT2D eigenvalue weighted by Gasteiger charge is 2.25. The summed E-state index contributed by atoms with van der Waals surface area (Å²) in [6.07, 6.45) is 2.03. The van der Waals surface area contributed by atoms with Crippen molar-refractivity contribution in [2.24, 2.45) is 0 Å². The number of aryl methyl sites for hydroxylation is 1. The van der Waals surface area contributed by atoms with Crippen molar-refractivity contribution < 1.29 is 4.79 Å². The van der Waals surface area contributed by atoms with E-state index in [9.17, 15) is 4.79 Å². The van der Waals surface area contributed by atoms with E-state index < -0.39 is 0 Å². The number of likely N-dealkylation sites (N-methyl/N-ethyl adjacent to an activating group) is 1. The van der Waals surface area contributed by atoms with E-state index in [4.69, 9.17) is 0 Å². The zero-order chi connectivity index (χ0) is 18.5. The van der Waals surface area contributed by atoms with E-state index in [0.717, 1.165) is 38.0 Å². The van der Waals surface area contributed by atoms with Gasteiger partial charge in [-0.05, 0) is 63.0 Å². The molecule has 4 nitrogen and oxygen atoms in total. The summed E-state index contributed by atoms with van der Waals surface area (Å²) in [6, 6.07) is 12.7. The fourth-order valence-electron chi connectivity index (χ4n) is 3.56. The average Bonchev–Trinajstić information content (AvgIpc) is 3.08. The Balaban J connectivity index is 1.51. The number of nitrogens with one attached hydrogen (secondary N) is 1. The molecule has 1 aliphatic rings. The van der Waals surface area contributed by atoms with Gasteiger partial charge in [0, 0.05) is 36.1 Å². The van der Waals surface area contributed by atoms with Crippen LogP contribution in [0.25, 0.3) is 0 Å². The van der Waals surface area contributed by atoms with Crippen molar-refractivity contribution >= 4 is 17.2 Å². The molecule has 1 aromatic heterocycles. The lowest BCUT2D eigenvalue weighted by Crippen LogP contribution is -2.46. The van der Waals surface area contributed by atoms with Gasteiger partial charge in [0.15, 0.2) is 0 Å². The number of carbonyl (C=O) groups is 1. The van der Waals surface area contributed by atoms with Gasteiger partial charge in [0.05, 0.1) is 6.04 Å². The molecule has 2 aromatic rings. The van der Waals surface area contributed by atoms with Crippen LogP contribution in [0, 0.1) is 6.92 Å². The van der Waals surface area contributed by atoms with Crippen LogP contribution in [0.15, 0.2) is 41.8 Å². The lowest BCUT2D eigenvalue weighted by Gasteiger charge is -2.34. The zero-order valence-corrected chi connectivity index (χ0v) is 16.8. The molecule has 5 heteroatoms. The predicted molar refractivity (Wildman–Crippen MR) is 109 cm³/mol. The summed E-state index contributed by atoms with van der Waals surface area (Å²) in [5.74, 6) is 0.157. The molecule has 0 radical (unpaired) electrons. The summed E-state index contributed by atoms with van der Waals surface area (Å²) in [5, 5.41) is 5.92. The van der Waals surface area contributed by atoms with Gasteiger partial charge in [-0.25, -0.2) is 0 Å². The summed E-state index contributed by atoms with van der Waals surface area (Å²) < 4.78 is 0. The maximum atomic E-state index is 12.6. The Kier molecular flexibility index (Phi) is 6.46. The molecule has 2 heterocycles. The van der Waals surface area contributed by atoms with Gasteiger partial charge in [0.1, 0.15) is 0 Å². The molecule has 1 aliphatic heterocycles. The molecule has 1 saturated heterocycles. The number of thiophene rings is 1. The highest BCUT2D eigenvalue weighted by Crippen LogP contribution is 2.27. The van der Waals surface area contributed by atoms with E-state index in [1.54, 1.807) is 0 Å². The van der Waals surface area contributed by atoms with Crippen LogP contribution in [-0.4, -0.2) is 55.5 Å². The third kappa shape index (κ3) is 4.53. The molecule has 1 aromatic carbocycles. The maximum absolute atomic E-state index is 12.6. The van der Waals surface area contributed by atoms with E-state index in [-0.39, 0.29) is 5.91 Å². The van der Waals surface area contributed by atoms with Crippen molar-refractivity contribution in [3.8, 4) is 0 Å². The second kappa shape index (κ2) is 8.80. The first-order valence-corrected chi connectivity index (χ1v) is 10.2. The van der Waals surface area contributed by atoms with E-state index in [1.807, 2.05) is 46.6 Å². The van der Waals surface area contributed by atoms with Gasteiger partial charge >= 0.3 is 0 Å². The van der Waals surface area contributed by atoms with Gasteiger partial charge in [0.25, 0.3) is 5.91 Å². The standard InChI is InChI=1S/C21H29N3OS/c1-16-11-14-26-20(16)19(23(2)3)15-22-18-9-12-24(13-10-18)21(25)17-7-5-4-6-8-17/h4-8,11,14,18-19,22H,9-10,12-13,15H2,1-3H3/t19-/m0/s1. The number of nitrogens with zero attached hydrogens (tertiary/aromatic N) is 2. The fraction of sp³-hybridized carbons (Fsp3) is 0.476. The first kappa shape index (κ1) is 19.1. The second-order valence-corrected chi connectivity index (χ2v) is 8.24. The largest absolute Gasteiger partial charge is 0.339 e. The summed E-state index contributed by atoms with van der Waals surface area (Å²) in [4.78, 5) is 18.3. The summed E-state index contributed by atoms with van der Waals surface area (Å²) in [6.45, 7) is 4.80. The molecular formula is C21H29N3OS. The number of rotatable bonds is 6. The summed E-state index contributed by atoms with van der Waals surface area (Å²) >= 11 is 1.84. The predicted octanol–water partition coefficient (Wildman–Crippen LogP) is 3.55. The molecule has 0 bridgehead atoms. The Hall–Kier alpha value is -1.69. The number of piperidine rings is 1. The minimum absolute atomic E-state index is 0.157. The minimum atomic E-state index is 0.157. The van der Waals surface area contributed by atoms with Crippen LogP contribution in [0.3, 0.4) is 0 Å². The van der Waals surface area contributed by atoms with Crippen molar-refractivity contribution in [2.45, 2.75) is 31.8 Å². The quantitative estimate of drug-likeness (QED) is 0.843. The third-order valence-electron chi connectivity index (χ3n) is 5.23. The smallest absolute Gasteiger partial charge is 0.253 e. The van der Waals surface area contributed by atoms with Crippen LogP contribution in [0.5, 0.6) is 0 Å². The lowest BCUT2D eigenvalue weighted by molar-refractivity contribution is 0.0703. The van der Waals surface area contributed by atoms with Crippen molar-refractivity contribution in [3.63, 3.8) is 0 Å². The first-order chi connectivity index (χ1) is 12.6. The Morgan fingerprint density at radius 3 is 2.50 bits per heavy atom. The van der Waals surface area contributed by atoms with E-state index in [0.29, 0.717) is 12.1 Å². The van der Waals surface area contributed by atoms with Crippen LogP contribution in [-0.2, 0) is 0 Å². The monoisotopic (exact) mass is 371 g/mol. The topological polar surface area (TPSA) is 35.6 Å². The van der Waals surface area contributed by atoms with Gasteiger partial charge in [-0.3, -0.25) is 4.79 Å². The Morgan fingerprint density at radius 2 is 1.92 bits per heavy atom. The number of amides is 1. The molecule has 3 rings (SSSR count). The third-order valence-corrected chi connectivity index (χ3v) is 6.35. The molecule has 0 aliphatic carbocycles. The zero-order valence-electron chi connectivity index (χ0n) is 15.9. The average molecular weight is 372 g/mol. The number of carbonyl (C=O) groups excluding carboxylic acids is 1. The molecule has 0 spiro atoms. The van der Waals surface area contributed by atoms with Gasteiger partial charge in [-0.2, -0.15) is 0 Å². The maximum Gasteiger partial charge on any atom is 0.253 e. The van der Waals surface area contributed by atoms with Crippen molar-refractivity contribution in [1.29, 1.82) is 0 Å². The van der Waals surface area contributed by atoms with Crippen LogP contribution in [0.4, 0.5) is 0 Å². The number of hydrogen-bond donors (Lipinski definition) is 1. The lowest BCUT2D eigenvalue weighted by atomic mass is 10.0. The van der Waals surface area contributed by atoms with Gasteiger partial charge < -0.3 is 15.1 Å². The van der Waals surface area contributed by atoms with Crippen LogP contribution in [0.1, 0.15) is 39.7 Å². The van der Waals surface area contributed by atoms with Gasteiger partial charge in [0.2, 0.25) is 0 Å². The summed E-state index contributed by atoms with van der Waals surface area (Å²) in [5.41, 5.74) is 2.17. The summed E-state index contributed by atoms with van der Waals surface area (Å²) in [7, 11) is 4.29. The van der Waals surface area contributed by atoms with Crippen LogP contribution >= 0.6 is 11.3 Å². The number of likely N-dealkylation sites (tertiary alicyclic amines) is 1. The molecule has 0 saturated carbocycles. The fourth-order valence-corrected chi connectivity index (χ4v) is 4.69. The van der Waals surface area contributed by atoms with Crippen molar-refractivity contribution in [1.82, 2.24) is 15.1 Å². The van der Waals surface area contributed by atoms with E-state index in [2.05, 4.69) is 42.7 Å². The highest BCUT2D eigenvalue weighted by molar-refractivity contribution is 7.10. The van der Waals surface area contributed by atoms with Gasteiger partial charge in [-0.15, -0.1) is 11.3 Å². The Labute approximate surface area is 160 Å². The molecule has 1 fully saturated rings. The van der Waals surface area contributed by atoms with E-state index >= 15 is 0 Å². The molecule has 1 N–H and O–H groups in total. The molecular weight excluding hydrogens is 342 g/mol. The molecule has 1 amide bonds. The minimum Gasteiger partial charge on any atom is -0.339 e. The number of hydrogen-bond acceptors (Lipinski definition) is 4. The molecule has 26 heavy (non-hydrogen) atoms. The second-order valence-electron chi connectivity index (χ2n) is 7.29. The van der Waals surface area contributed by atoms with Gasteiger partial charge in [-0.1, -0.05) is 18.2 Å². The Morgan fingerprint density at radius 1 is 1.23 bits per heavy atom. The normalized spacial score (nSPS) is 16.8. The van der Waals surface area contributed by atoms with Crippen molar-refractivity contribution in [2.75, 3.05) is 33.7 Å². The molecule has 0 unspecified atom stereocenters. The Bertz CT molecular complexity index is 705. The molecule has 140 valence electrons. The van der Waals surface area contributed by atoms with Crippen LogP contribution in [0.2, 0.25) is 0 Å². The highest BCUT2D eigenvalue weighted by atomic mass is 32.1.